The molecule has 0 aliphatic heterocycles. The molecule has 0 fully saturated rings. The number of para-hydroxylation sites is 1. The number of rotatable bonds is 4. The largest absolute Gasteiger partial charge is 0.288 e. The van der Waals surface area contributed by atoms with Gasteiger partial charge in [0.25, 0.3) is 5.91 Å². The van der Waals surface area contributed by atoms with Gasteiger partial charge in [0.1, 0.15) is 0 Å². The van der Waals surface area contributed by atoms with Crippen LogP contribution in [0.1, 0.15) is 16.1 Å². The van der Waals surface area contributed by atoms with Gasteiger partial charge in [-0.2, -0.15) is 5.10 Å². The normalized spacial score (nSPS) is 10.5. The number of halogens is 1. The van der Waals surface area contributed by atoms with E-state index in [1.165, 1.54) is 0 Å². The van der Waals surface area contributed by atoms with E-state index in [9.17, 15) is 4.79 Å². The van der Waals surface area contributed by atoms with Crippen molar-refractivity contribution >= 4 is 27.5 Å². The molecule has 0 aliphatic rings. The smallest absolute Gasteiger partial charge is 0.273 e. The molecule has 1 N–H and O–H groups in total. The Balaban J connectivity index is 1.80. The Hall–Kier alpha value is -2.60. The zero-order chi connectivity index (χ0) is 17.1. The zero-order valence-electron chi connectivity index (χ0n) is 13.4. The van der Waals surface area contributed by atoms with Crippen molar-refractivity contribution in [3.05, 3.63) is 76.5 Å². The number of anilines is 1. The number of amides is 1. The van der Waals surface area contributed by atoms with Gasteiger partial charge in [-0.1, -0.05) is 34.1 Å². The number of nitrogens with one attached hydrogen (secondary N) is 1. The van der Waals surface area contributed by atoms with Gasteiger partial charge in [0.15, 0.2) is 0 Å². The molecule has 0 atom stereocenters. The van der Waals surface area contributed by atoms with E-state index >= 15 is 0 Å². The minimum atomic E-state index is -0.192. The van der Waals surface area contributed by atoms with E-state index in [2.05, 4.69) is 26.5 Å². The summed E-state index contributed by atoms with van der Waals surface area (Å²) >= 11 is 3.41. The Morgan fingerprint density at radius 2 is 1.79 bits per heavy atom. The lowest BCUT2D eigenvalue weighted by atomic mass is 10.2. The molecule has 0 spiro atoms. The predicted octanol–water partition coefficient (Wildman–Crippen LogP) is 3.72. The minimum Gasteiger partial charge on any atom is -0.288 e. The molecule has 0 unspecified atom stereocenters. The Labute approximate surface area is 149 Å². The van der Waals surface area contributed by atoms with Crippen LogP contribution in [0.2, 0.25) is 0 Å². The van der Waals surface area contributed by atoms with Crippen molar-refractivity contribution in [2.75, 3.05) is 12.1 Å². The van der Waals surface area contributed by atoms with Gasteiger partial charge in [-0.15, -0.1) is 0 Å². The van der Waals surface area contributed by atoms with E-state index < -0.39 is 0 Å². The molecule has 24 heavy (non-hydrogen) atoms. The first-order valence-electron chi connectivity index (χ1n) is 7.46. The topological polar surface area (TPSA) is 50.2 Å². The van der Waals surface area contributed by atoms with Crippen molar-refractivity contribution < 1.29 is 4.79 Å². The summed E-state index contributed by atoms with van der Waals surface area (Å²) in [5.74, 6) is -0.192. The van der Waals surface area contributed by atoms with E-state index in [1.807, 2.05) is 68.6 Å². The standard InChI is InChI=1S/C18H17BrN4O/c1-13-17(12-20-23(13)16-10-8-14(19)9-11-16)18(24)21-22(2)15-6-4-3-5-7-15/h3-12H,1-2H3,(H,21,24). The molecular weight excluding hydrogens is 368 g/mol. The van der Waals surface area contributed by atoms with Gasteiger partial charge in [0.05, 0.1) is 28.8 Å². The van der Waals surface area contributed by atoms with Crippen LogP contribution in [0.3, 0.4) is 0 Å². The molecule has 0 saturated heterocycles. The maximum absolute atomic E-state index is 12.5. The highest BCUT2D eigenvalue weighted by molar-refractivity contribution is 9.10. The number of hydrazine groups is 1. The van der Waals surface area contributed by atoms with Gasteiger partial charge in [0.2, 0.25) is 0 Å². The quantitative estimate of drug-likeness (QED) is 0.697. The SMILES string of the molecule is Cc1c(C(=O)NN(C)c2ccccc2)cnn1-c1ccc(Br)cc1. The average Bonchev–Trinajstić information content (AvgIpc) is 2.98. The summed E-state index contributed by atoms with van der Waals surface area (Å²) in [6, 6.07) is 17.4. The Kier molecular flexibility index (Phi) is 4.66. The Morgan fingerprint density at radius 1 is 1.12 bits per heavy atom. The predicted molar refractivity (Wildman–Crippen MR) is 98.3 cm³/mol. The average molecular weight is 385 g/mol. The number of hydrogen-bond acceptors (Lipinski definition) is 3. The van der Waals surface area contributed by atoms with Gasteiger partial charge >= 0.3 is 0 Å². The molecule has 1 amide bonds. The lowest BCUT2D eigenvalue weighted by molar-refractivity contribution is 0.0951. The summed E-state index contributed by atoms with van der Waals surface area (Å²) in [6.45, 7) is 1.88. The zero-order valence-corrected chi connectivity index (χ0v) is 15.0. The van der Waals surface area contributed by atoms with Crippen molar-refractivity contribution in [3.8, 4) is 5.69 Å². The van der Waals surface area contributed by atoms with E-state index in [-0.39, 0.29) is 5.91 Å². The molecule has 2 aromatic carbocycles. The highest BCUT2D eigenvalue weighted by atomic mass is 79.9. The number of nitrogens with zero attached hydrogens (tertiary/aromatic N) is 3. The van der Waals surface area contributed by atoms with Crippen molar-refractivity contribution in [2.45, 2.75) is 6.92 Å². The van der Waals surface area contributed by atoms with Crippen LogP contribution in [-0.4, -0.2) is 22.7 Å². The Morgan fingerprint density at radius 3 is 2.46 bits per heavy atom. The monoisotopic (exact) mass is 384 g/mol. The summed E-state index contributed by atoms with van der Waals surface area (Å²) in [4.78, 5) is 12.5. The van der Waals surface area contributed by atoms with Crippen LogP contribution in [0.5, 0.6) is 0 Å². The van der Waals surface area contributed by atoms with E-state index in [1.54, 1.807) is 15.9 Å². The third kappa shape index (κ3) is 3.33. The summed E-state index contributed by atoms with van der Waals surface area (Å²) in [5, 5.41) is 6.03. The van der Waals surface area contributed by atoms with E-state index in [4.69, 9.17) is 0 Å². The molecule has 0 radical (unpaired) electrons. The van der Waals surface area contributed by atoms with Gasteiger partial charge in [0, 0.05) is 11.5 Å². The van der Waals surface area contributed by atoms with Crippen molar-refractivity contribution in [2.24, 2.45) is 0 Å². The molecular formula is C18H17BrN4O. The summed E-state index contributed by atoms with van der Waals surface area (Å²) in [7, 11) is 1.81. The van der Waals surface area contributed by atoms with E-state index in [0.717, 1.165) is 21.5 Å². The minimum absolute atomic E-state index is 0.192. The van der Waals surface area contributed by atoms with Crippen molar-refractivity contribution in [1.82, 2.24) is 15.2 Å². The molecule has 5 nitrogen and oxygen atoms in total. The lowest BCUT2D eigenvalue weighted by Gasteiger charge is -2.20. The molecule has 122 valence electrons. The fourth-order valence-electron chi connectivity index (χ4n) is 2.40. The van der Waals surface area contributed by atoms with Crippen LogP contribution in [0.4, 0.5) is 5.69 Å². The van der Waals surface area contributed by atoms with Crippen LogP contribution >= 0.6 is 15.9 Å². The van der Waals surface area contributed by atoms with Gasteiger partial charge in [-0.25, -0.2) is 4.68 Å². The molecule has 1 aromatic heterocycles. The van der Waals surface area contributed by atoms with Gasteiger partial charge in [-0.3, -0.25) is 15.2 Å². The maximum atomic E-state index is 12.5. The first-order chi connectivity index (χ1) is 11.6. The van der Waals surface area contributed by atoms with Gasteiger partial charge < -0.3 is 0 Å². The molecule has 0 bridgehead atoms. The van der Waals surface area contributed by atoms with Crippen molar-refractivity contribution in [1.29, 1.82) is 0 Å². The van der Waals surface area contributed by atoms with Crippen LogP contribution in [-0.2, 0) is 0 Å². The van der Waals surface area contributed by atoms with Crippen LogP contribution in [0.15, 0.2) is 65.3 Å². The number of aromatic nitrogens is 2. The van der Waals surface area contributed by atoms with E-state index in [0.29, 0.717) is 5.56 Å². The number of benzene rings is 2. The van der Waals surface area contributed by atoms with Crippen LogP contribution in [0.25, 0.3) is 5.69 Å². The molecule has 6 heteroatoms. The molecule has 1 heterocycles. The molecule has 3 aromatic rings. The Bertz CT molecular complexity index is 843. The maximum Gasteiger partial charge on any atom is 0.273 e. The summed E-state index contributed by atoms with van der Waals surface area (Å²) in [5.41, 5.74) is 6.01. The number of carbonyl (C=O) groups excluding carboxylic acids is 1. The second-order valence-electron chi connectivity index (χ2n) is 5.37. The molecule has 0 aliphatic carbocycles. The highest BCUT2D eigenvalue weighted by Gasteiger charge is 2.16. The summed E-state index contributed by atoms with van der Waals surface area (Å²) in [6.07, 6.45) is 1.59. The first-order valence-corrected chi connectivity index (χ1v) is 8.26. The highest BCUT2D eigenvalue weighted by Crippen LogP contribution is 2.17. The molecule has 0 saturated carbocycles. The number of carbonyl (C=O) groups is 1. The fourth-order valence-corrected chi connectivity index (χ4v) is 2.67. The van der Waals surface area contributed by atoms with Gasteiger partial charge in [-0.05, 0) is 43.3 Å². The third-order valence-electron chi connectivity index (χ3n) is 3.74. The molecule has 3 rings (SSSR count). The second kappa shape index (κ2) is 6.88. The second-order valence-corrected chi connectivity index (χ2v) is 6.28. The fraction of sp³-hybridized carbons (Fsp3) is 0.111. The third-order valence-corrected chi connectivity index (χ3v) is 4.27. The van der Waals surface area contributed by atoms with Crippen LogP contribution in [0, 0.1) is 6.92 Å². The summed E-state index contributed by atoms with van der Waals surface area (Å²) < 4.78 is 2.75. The number of hydrogen-bond donors (Lipinski definition) is 1. The lowest BCUT2D eigenvalue weighted by Crippen LogP contribution is -2.39. The van der Waals surface area contributed by atoms with Crippen LogP contribution < -0.4 is 10.4 Å². The van der Waals surface area contributed by atoms with Crippen molar-refractivity contribution in [3.63, 3.8) is 0 Å². The first kappa shape index (κ1) is 16.3.